The quantitative estimate of drug-likeness (QED) is 0.901. The Balaban J connectivity index is 1.66. The Labute approximate surface area is 124 Å². The average Bonchev–Trinajstić information content (AvgIpc) is 2.88. The average molecular weight is 282 g/mol. The molecule has 0 aliphatic carbocycles. The highest BCUT2D eigenvalue weighted by Gasteiger charge is 2.20. The molecule has 0 amide bonds. The molecule has 0 spiro atoms. The molecule has 0 saturated heterocycles. The summed E-state index contributed by atoms with van der Waals surface area (Å²) >= 11 is 0. The minimum atomic E-state index is 0.635. The Morgan fingerprint density at radius 3 is 2.76 bits per heavy atom. The maximum atomic E-state index is 5.75. The number of amidine groups is 2. The molecule has 1 aromatic rings. The van der Waals surface area contributed by atoms with Gasteiger partial charge in [0.15, 0.2) is 5.84 Å². The van der Waals surface area contributed by atoms with E-state index in [1.165, 1.54) is 0 Å². The topological polar surface area (TPSA) is 72.3 Å². The SMILES string of the molecule is CCCOc1ccc(CC2=NC3=NC=C(N)CC3=N2)cc1. The van der Waals surface area contributed by atoms with Gasteiger partial charge in [0, 0.05) is 24.7 Å². The van der Waals surface area contributed by atoms with Gasteiger partial charge in [0.05, 0.1) is 12.3 Å². The van der Waals surface area contributed by atoms with Crippen LogP contribution in [-0.2, 0) is 6.42 Å². The number of benzene rings is 1. The van der Waals surface area contributed by atoms with Crippen LogP contribution in [-0.4, -0.2) is 24.0 Å². The van der Waals surface area contributed by atoms with E-state index in [1.54, 1.807) is 6.20 Å². The van der Waals surface area contributed by atoms with Crippen molar-refractivity contribution in [3.63, 3.8) is 0 Å². The lowest BCUT2D eigenvalue weighted by Crippen LogP contribution is -2.16. The molecule has 5 nitrogen and oxygen atoms in total. The van der Waals surface area contributed by atoms with Crippen LogP contribution in [0.2, 0.25) is 0 Å². The second kappa shape index (κ2) is 5.91. The normalized spacial score (nSPS) is 16.6. The summed E-state index contributed by atoms with van der Waals surface area (Å²) in [6.45, 7) is 2.84. The van der Waals surface area contributed by atoms with Gasteiger partial charge < -0.3 is 10.5 Å². The molecule has 0 fully saturated rings. The fourth-order valence-electron chi connectivity index (χ4n) is 2.21. The van der Waals surface area contributed by atoms with Crippen LogP contribution in [0.5, 0.6) is 5.75 Å². The summed E-state index contributed by atoms with van der Waals surface area (Å²) in [4.78, 5) is 13.2. The molecule has 2 heterocycles. The van der Waals surface area contributed by atoms with Crippen molar-refractivity contribution in [2.24, 2.45) is 20.7 Å². The molecule has 21 heavy (non-hydrogen) atoms. The molecule has 0 aromatic heterocycles. The van der Waals surface area contributed by atoms with Gasteiger partial charge >= 0.3 is 0 Å². The van der Waals surface area contributed by atoms with E-state index in [-0.39, 0.29) is 0 Å². The summed E-state index contributed by atoms with van der Waals surface area (Å²) in [5.41, 5.74) is 8.50. The highest BCUT2D eigenvalue weighted by atomic mass is 16.5. The fourth-order valence-corrected chi connectivity index (χ4v) is 2.21. The first-order chi connectivity index (χ1) is 10.2. The Morgan fingerprint density at radius 2 is 2.00 bits per heavy atom. The number of allylic oxidation sites excluding steroid dienone is 1. The van der Waals surface area contributed by atoms with Crippen LogP contribution in [0.1, 0.15) is 25.3 Å². The van der Waals surface area contributed by atoms with Crippen LogP contribution in [0, 0.1) is 0 Å². The molecule has 1 aromatic carbocycles. The van der Waals surface area contributed by atoms with E-state index in [2.05, 4.69) is 21.9 Å². The zero-order chi connectivity index (χ0) is 14.7. The molecule has 2 aliphatic rings. The first-order valence-electron chi connectivity index (χ1n) is 7.14. The van der Waals surface area contributed by atoms with Crippen LogP contribution in [0.4, 0.5) is 0 Å². The summed E-state index contributed by atoms with van der Waals surface area (Å²) < 4.78 is 5.57. The van der Waals surface area contributed by atoms with E-state index in [9.17, 15) is 0 Å². The molecule has 108 valence electrons. The summed E-state index contributed by atoms with van der Waals surface area (Å²) in [7, 11) is 0. The number of ether oxygens (including phenoxy) is 1. The highest BCUT2D eigenvalue weighted by molar-refractivity contribution is 6.48. The molecular formula is C16H18N4O. The van der Waals surface area contributed by atoms with Gasteiger partial charge in [0.2, 0.25) is 0 Å². The van der Waals surface area contributed by atoms with Crippen molar-refractivity contribution in [1.82, 2.24) is 0 Å². The van der Waals surface area contributed by atoms with E-state index in [1.807, 2.05) is 24.3 Å². The fraction of sp³-hybridized carbons (Fsp3) is 0.312. The molecule has 3 rings (SSSR count). The summed E-state index contributed by atoms with van der Waals surface area (Å²) in [6.07, 6.45) is 3.99. The predicted octanol–water partition coefficient (Wildman–Crippen LogP) is 2.47. The second-order valence-electron chi connectivity index (χ2n) is 5.09. The van der Waals surface area contributed by atoms with Crippen molar-refractivity contribution in [1.29, 1.82) is 0 Å². The smallest absolute Gasteiger partial charge is 0.176 e. The van der Waals surface area contributed by atoms with Gasteiger partial charge in [-0.05, 0) is 24.1 Å². The minimum absolute atomic E-state index is 0.635. The van der Waals surface area contributed by atoms with Gasteiger partial charge in [-0.3, -0.25) is 0 Å². The van der Waals surface area contributed by atoms with Gasteiger partial charge in [-0.1, -0.05) is 19.1 Å². The van der Waals surface area contributed by atoms with Gasteiger partial charge in [0.1, 0.15) is 11.6 Å². The summed E-state index contributed by atoms with van der Waals surface area (Å²) in [5.74, 6) is 2.38. The Morgan fingerprint density at radius 1 is 1.19 bits per heavy atom. The van der Waals surface area contributed by atoms with Crippen molar-refractivity contribution in [3.8, 4) is 5.75 Å². The number of aliphatic imine (C=N–C) groups is 3. The Bertz CT molecular complexity index is 653. The zero-order valence-electron chi connectivity index (χ0n) is 12.0. The summed E-state index contributed by atoms with van der Waals surface area (Å²) in [6, 6.07) is 8.06. The molecule has 0 saturated carbocycles. The van der Waals surface area contributed by atoms with Gasteiger partial charge in [-0.25, -0.2) is 15.0 Å². The van der Waals surface area contributed by atoms with Gasteiger partial charge in [0.25, 0.3) is 0 Å². The number of nitrogens with two attached hydrogens (primary N) is 1. The third kappa shape index (κ3) is 3.18. The largest absolute Gasteiger partial charge is 0.494 e. The van der Waals surface area contributed by atoms with Crippen LogP contribution in [0.25, 0.3) is 0 Å². The zero-order valence-corrected chi connectivity index (χ0v) is 12.0. The highest BCUT2D eigenvalue weighted by Crippen LogP contribution is 2.17. The number of rotatable bonds is 5. The standard InChI is InChI=1S/C16H18N4O/c1-2-7-21-13-5-3-11(4-6-13)8-15-19-14-9-12(17)10-18-16(14)20-15/h3-6,10H,2,7-9,17H2,1H3. The predicted molar refractivity (Wildman–Crippen MR) is 85.1 cm³/mol. The molecule has 0 unspecified atom stereocenters. The molecule has 0 radical (unpaired) electrons. The maximum Gasteiger partial charge on any atom is 0.176 e. The van der Waals surface area contributed by atoms with E-state index >= 15 is 0 Å². The first-order valence-corrected chi connectivity index (χ1v) is 7.14. The monoisotopic (exact) mass is 282 g/mol. The van der Waals surface area contributed by atoms with Crippen LogP contribution in [0.15, 0.2) is 51.1 Å². The number of fused-ring (bicyclic) bond motifs is 1. The lowest BCUT2D eigenvalue weighted by atomic mass is 10.1. The van der Waals surface area contributed by atoms with Crippen LogP contribution >= 0.6 is 0 Å². The van der Waals surface area contributed by atoms with Gasteiger partial charge in [-0.2, -0.15) is 0 Å². The van der Waals surface area contributed by atoms with Crippen molar-refractivity contribution in [3.05, 3.63) is 41.7 Å². The van der Waals surface area contributed by atoms with Crippen molar-refractivity contribution >= 4 is 17.4 Å². The molecule has 5 heteroatoms. The van der Waals surface area contributed by atoms with Gasteiger partial charge in [-0.15, -0.1) is 0 Å². The van der Waals surface area contributed by atoms with E-state index in [0.717, 1.165) is 41.6 Å². The first kappa shape index (κ1) is 13.5. The second-order valence-corrected chi connectivity index (χ2v) is 5.09. The van der Waals surface area contributed by atoms with E-state index < -0.39 is 0 Å². The Kier molecular flexibility index (Phi) is 3.81. The summed E-state index contributed by atoms with van der Waals surface area (Å²) in [5, 5.41) is 0. The number of nitrogens with zero attached hydrogens (tertiary/aromatic N) is 3. The van der Waals surface area contributed by atoms with Crippen LogP contribution < -0.4 is 10.5 Å². The molecule has 2 aliphatic heterocycles. The third-order valence-corrected chi connectivity index (χ3v) is 3.24. The molecular weight excluding hydrogens is 264 g/mol. The minimum Gasteiger partial charge on any atom is -0.494 e. The van der Waals surface area contributed by atoms with E-state index in [0.29, 0.717) is 18.7 Å². The third-order valence-electron chi connectivity index (χ3n) is 3.24. The lowest BCUT2D eigenvalue weighted by molar-refractivity contribution is 0.317. The van der Waals surface area contributed by atoms with Crippen molar-refractivity contribution in [2.75, 3.05) is 6.61 Å². The maximum absolute atomic E-state index is 5.75. The Hall–Kier alpha value is -2.43. The molecule has 0 bridgehead atoms. The lowest BCUT2D eigenvalue weighted by Gasteiger charge is -2.05. The van der Waals surface area contributed by atoms with Crippen LogP contribution in [0.3, 0.4) is 0 Å². The number of hydrogen-bond acceptors (Lipinski definition) is 5. The van der Waals surface area contributed by atoms with E-state index in [4.69, 9.17) is 10.5 Å². The van der Waals surface area contributed by atoms with Crippen molar-refractivity contribution < 1.29 is 4.74 Å². The van der Waals surface area contributed by atoms with Crippen molar-refractivity contribution in [2.45, 2.75) is 26.2 Å². The molecule has 0 atom stereocenters. The molecule has 2 N–H and O–H groups in total. The number of hydrogen-bond donors (Lipinski definition) is 1.